The predicted molar refractivity (Wildman–Crippen MR) is 127 cm³/mol. The van der Waals surface area contributed by atoms with Crippen LogP contribution in [-0.2, 0) is 9.59 Å². The summed E-state index contributed by atoms with van der Waals surface area (Å²) in [6.45, 7) is 1.98. The minimum atomic E-state index is -0.817. The second-order valence-corrected chi connectivity index (χ2v) is 8.31. The van der Waals surface area contributed by atoms with Gasteiger partial charge in [-0.15, -0.1) is 0 Å². The average Bonchev–Trinajstić information content (AvgIpc) is 3.55. The Morgan fingerprint density at radius 1 is 1.00 bits per heavy atom. The zero-order valence-electron chi connectivity index (χ0n) is 18.2. The molecule has 3 heterocycles. The molecule has 3 aromatic carbocycles. The number of anilines is 1. The van der Waals surface area contributed by atoms with E-state index in [1.54, 1.807) is 24.4 Å². The van der Waals surface area contributed by atoms with E-state index in [-0.39, 0.29) is 18.1 Å². The Morgan fingerprint density at radius 2 is 1.76 bits per heavy atom. The van der Waals surface area contributed by atoms with Crippen LogP contribution in [0.1, 0.15) is 22.7 Å². The highest BCUT2D eigenvalue weighted by Gasteiger charge is 2.48. The van der Waals surface area contributed by atoms with Crippen molar-refractivity contribution in [3.8, 4) is 11.5 Å². The number of aryl methyl sites for hydroxylation is 1. The van der Waals surface area contributed by atoms with E-state index in [0.29, 0.717) is 22.7 Å². The van der Waals surface area contributed by atoms with Gasteiger partial charge in [-0.25, -0.2) is 0 Å². The first kappa shape index (κ1) is 20.1. The average molecular weight is 452 g/mol. The quantitative estimate of drug-likeness (QED) is 0.264. The highest BCUT2D eigenvalue weighted by Crippen LogP contribution is 2.45. The summed E-state index contributed by atoms with van der Waals surface area (Å²) in [6.07, 6.45) is 1.79. The molecule has 7 nitrogen and oxygen atoms in total. The number of aromatic nitrogens is 1. The molecule has 1 saturated heterocycles. The minimum absolute atomic E-state index is 0.0249. The number of para-hydroxylation sites is 2. The van der Waals surface area contributed by atoms with Gasteiger partial charge in [0.2, 0.25) is 6.79 Å². The molecule has 34 heavy (non-hydrogen) atoms. The molecule has 7 heteroatoms. The summed E-state index contributed by atoms with van der Waals surface area (Å²) in [4.78, 5) is 31.5. The molecular weight excluding hydrogens is 432 g/mol. The summed E-state index contributed by atoms with van der Waals surface area (Å²) in [5, 5.41) is 12.3. The molecule has 1 unspecified atom stereocenters. The number of Topliss-reactive ketones (excluding diaryl/α,β-unsaturated/α-hetero) is 1. The number of aliphatic hydroxyl groups is 1. The van der Waals surface area contributed by atoms with Crippen LogP contribution < -0.4 is 14.4 Å². The fourth-order valence-electron chi connectivity index (χ4n) is 4.73. The highest BCUT2D eigenvalue weighted by atomic mass is 16.7. The lowest BCUT2D eigenvalue weighted by atomic mass is 9.94. The van der Waals surface area contributed by atoms with Gasteiger partial charge in [-0.1, -0.05) is 36.4 Å². The van der Waals surface area contributed by atoms with Gasteiger partial charge in [0.15, 0.2) is 11.5 Å². The smallest absolute Gasteiger partial charge is 0.300 e. The van der Waals surface area contributed by atoms with Crippen LogP contribution in [-0.4, -0.2) is 28.6 Å². The monoisotopic (exact) mass is 452 g/mol. The molecule has 1 fully saturated rings. The summed E-state index contributed by atoms with van der Waals surface area (Å²) in [5.41, 5.74) is 3.45. The van der Waals surface area contributed by atoms with E-state index in [4.69, 9.17) is 9.47 Å². The molecule has 4 aromatic rings. The van der Waals surface area contributed by atoms with Gasteiger partial charge < -0.3 is 19.6 Å². The predicted octanol–water partition coefficient (Wildman–Crippen LogP) is 4.83. The number of hydrogen-bond acceptors (Lipinski definition) is 5. The first-order chi connectivity index (χ1) is 16.5. The molecule has 2 aliphatic heterocycles. The van der Waals surface area contributed by atoms with Gasteiger partial charge in [-0.3, -0.25) is 14.5 Å². The summed E-state index contributed by atoms with van der Waals surface area (Å²) in [5.74, 6) is -0.658. The number of benzene rings is 3. The van der Waals surface area contributed by atoms with Crippen LogP contribution in [0.15, 0.2) is 78.5 Å². The summed E-state index contributed by atoms with van der Waals surface area (Å²) in [7, 11) is 0. The molecule has 1 atom stereocenters. The molecule has 0 aliphatic carbocycles. The van der Waals surface area contributed by atoms with Crippen molar-refractivity contribution in [1.82, 2.24) is 4.98 Å². The van der Waals surface area contributed by atoms with Gasteiger partial charge in [-0.2, -0.15) is 0 Å². The molecular formula is C27H20N2O5. The van der Waals surface area contributed by atoms with Crippen LogP contribution in [0.3, 0.4) is 0 Å². The maximum atomic E-state index is 13.4. The lowest BCUT2D eigenvalue weighted by Crippen LogP contribution is -2.30. The first-order valence-corrected chi connectivity index (χ1v) is 10.9. The van der Waals surface area contributed by atoms with Gasteiger partial charge >= 0.3 is 0 Å². The zero-order valence-corrected chi connectivity index (χ0v) is 18.2. The Kier molecular flexibility index (Phi) is 4.45. The zero-order chi connectivity index (χ0) is 23.4. The maximum Gasteiger partial charge on any atom is 0.300 e. The van der Waals surface area contributed by atoms with Gasteiger partial charge in [0.25, 0.3) is 11.7 Å². The van der Waals surface area contributed by atoms with Crippen molar-refractivity contribution in [3.05, 3.63) is 95.2 Å². The summed E-state index contributed by atoms with van der Waals surface area (Å²) >= 11 is 0. The minimum Gasteiger partial charge on any atom is -0.507 e. The van der Waals surface area contributed by atoms with Crippen molar-refractivity contribution in [2.24, 2.45) is 0 Å². The topological polar surface area (TPSA) is 91.9 Å². The Balaban J connectivity index is 1.61. The Hall–Kier alpha value is -4.52. The van der Waals surface area contributed by atoms with Crippen LogP contribution in [0.2, 0.25) is 0 Å². The van der Waals surface area contributed by atoms with Gasteiger partial charge in [0.1, 0.15) is 5.76 Å². The third-order valence-corrected chi connectivity index (χ3v) is 6.38. The van der Waals surface area contributed by atoms with Crippen molar-refractivity contribution in [3.63, 3.8) is 0 Å². The third-order valence-electron chi connectivity index (χ3n) is 6.38. The van der Waals surface area contributed by atoms with Crippen LogP contribution in [0, 0.1) is 6.92 Å². The Bertz CT molecular complexity index is 1520. The normalized spacial score (nSPS) is 18.7. The third kappa shape index (κ3) is 2.90. The van der Waals surface area contributed by atoms with Crippen molar-refractivity contribution in [2.45, 2.75) is 13.0 Å². The number of nitrogens with zero attached hydrogens (tertiary/aromatic N) is 1. The number of rotatable bonds is 3. The molecule has 2 aliphatic rings. The second-order valence-electron chi connectivity index (χ2n) is 8.31. The molecule has 0 spiro atoms. The maximum absolute atomic E-state index is 13.4. The molecule has 0 saturated carbocycles. The van der Waals surface area contributed by atoms with E-state index in [9.17, 15) is 14.7 Å². The lowest BCUT2D eigenvalue weighted by molar-refractivity contribution is -0.132. The van der Waals surface area contributed by atoms with Crippen molar-refractivity contribution in [2.75, 3.05) is 11.7 Å². The van der Waals surface area contributed by atoms with Gasteiger partial charge in [0, 0.05) is 33.9 Å². The first-order valence-electron chi connectivity index (χ1n) is 10.9. The number of aliphatic hydroxyl groups excluding tert-OH is 1. The van der Waals surface area contributed by atoms with E-state index in [1.807, 2.05) is 55.5 Å². The number of hydrogen-bond donors (Lipinski definition) is 2. The van der Waals surface area contributed by atoms with Crippen molar-refractivity contribution < 1.29 is 24.2 Å². The summed E-state index contributed by atoms with van der Waals surface area (Å²) in [6, 6.07) is 19.2. The standard InChI is InChI=1S/C27H20N2O5/c1-15-6-2-5-9-20(15)29-24(18-13-28-19-8-4-3-7-17(18)19)23(26(31)27(29)32)25(30)16-10-11-21-22(12-16)34-14-33-21/h2-13,24,28,30H,14H2,1H3/b25-23+. The molecule has 1 aromatic heterocycles. The van der Waals surface area contributed by atoms with E-state index < -0.39 is 17.7 Å². The van der Waals surface area contributed by atoms with Crippen molar-refractivity contribution in [1.29, 1.82) is 0 Å². The van der Waals surface area contributed by atoms with E-state index in [0.717, 1.165) is 22.0 Å². The van der Waals surface area contributed by atoms with Crippen LogP contribution in [0.5, 0.6) is 11.5 Å². The lowest BCUT2D eigenvalue weighted by Gasteiger charge is -2.26. The fourth-order valence-corrected chi connectivity index (χ4v) is 4.73. The number of nitrogens with one attached hydrogen (secondary N) is 1. The van der Waals surface area contributed by atoms with Crippen LogP contribution in [0.4, 0.5) is 5.69 Å². The number of aromatic amines is 1. The Morgan fingerprint density at radius 3 is 2.62 bits per heavy atom. The fraction of sp³-hybridized carbons (Fsp3) is 0.111. The SMILES string of the molecule is Cc1ccccc1N1C(=O)C(=O)/C(=C(/O)c2ccc3c(c2)OCO3)C1c1c[nH]c2ccccc12. The molecule has 1 amide bonds. The number of fused-ring (bicyclic) bond motifs is 2. The van der Waals surface area contributed by atoms with E-state index >= 15 is 0 Å². The second kappa shape index (κ2) is 7.52. The van der Waals surface area contributed by atoms with Crippen LogP contribution in [0.25, 0.3) is 16.7 Å². The van der Waals surface area contributed by atoms with E-state index in [1.165, 1.54) is 4.90 Å². The number of carbonyl (C=O) groups excluding carboxylic acids is 2. The number of amides is 1. The number of carbonyl (C=O) groups is 2. The van der Waals surface area contributed by atoms with Gasteiger partial charge in [-0.05, 0) is 42.8 Å². The molecule has 0 bridgehead atoms. The molecule has 2 N–H and O–H groups in total. The van der Waals surface area contributed by atoms with Crippen molar-refractivity contribution >= 4 is 34.0 Å². The number of ether oxygens (including phenoxy) is 2. The van der Waals surface area contributed by atoms with Crippen LogP contribution >= 0.6 is 0 Å². The highest BCUT2D eigenvalue weighted by molar-refractivity contribution is 6.52. The van der Waals surface area contributed by atoms with E-state index in [2.05, 4.69) is 4.98 Å². The number of ketones is 1. The molecule has 0 radical (unpaired) electrons. The molecule has 6 rings (SSSR count). The number of H-pyrrole nitrogens is 1. The molecule has 168 valence electrons. The largest absolute Gasteiger partial charge is 0.507 e. The van der Waals surface area contributed by atoms with Gasteiger partial charge in [0.05, 0.1) is 11.6 Å². The Labute approximate surface area is 194 Å². The summed E-state index contributed by atoms with van der Waals surface area (Å²) < 4.78 is 10.8.